The van der Waals surface area contributed by atoms with Crippen LogP contribution in [0.25, 0.3) is 0 Å². The fourth-order valence-electron chi connectivity index (χ4n) is 1.61. The predicted octanol–water partition coefficient (Wildman–Crippen LogP) is 3.29. The molecule has 0 spiro atoms. The van der Waals surface area contributed by atoms with Gasteiger partial charge in [-0.05, 0) is 42.8 Å². The molecule has 0 aromatic heterocycles. The van der Waals surface area contributed by atoms with Crippen molar-refractivity contribution >= 4 is 11.6 Å². The minimum absolute atomic E-state index is 0.0271. The highest BCUT2D eigenvalue weighted by atomic mass is 19.1. The second kappa shape index (κ2) is 6.14. The average Bonchev–Trinajstić information content (AvgIpc) is 2.43. The number of nitrogens with one attached hydrogen (secondary N) is 1. The minimum Gasteiger partial charge on any atom is -0.481 e. The van der Waals surface area contributed by atoms with Crippen LogP contribution in [-0.2, 0) is 4.79 Å². The molecule has 0 aliphatic heterocycles. The molecule has 1 N–H and O–H groups in total. The van der Waals surface area contributed by atoms with E-state index in [0.29, 0.717) is 11.3 Å². The molecule has 20 heavy (non-hydrogen) atoms. The van der Waals surface area contributed by atoms with E-state index < -0.39 is 11.7 Å². The highest BCUT2D eigenvalue weighted by molar-refractivity contribution is 5.91. The fourth-order valence-corrected chi connectivity index (χ4v) is 1.61. The van der Waals surface area contributed by atoms with Crippen molar-refractivity contribution in [1.29, 1.82) is 0 Å². The molecule has 0 unspecified atom stereocenters. The minimum atomic E-state index is -0.484. The maximum absolute atomic E-state index is 13.6. The molecule has 0 saturated heterocycles. The number of anilines is 1. The molecule has 0 bridgehead atoms. The van der Waals surface area contributed by atoms with Crippen LogP contribution < -0.4 is 10.1 Å². The summed E-state index contributed by atoms with van der Waals surface area (Å²) in [6.45, 7) is 1.29. The predicted molar refractivity (Wildman–Crippen MR) is 71.7 cm³/mol. The van der Waals surface area contributed by atoms with Gasteiger partial charge in [-0.15, -0.1) is 0 Å². The van der Waals surface area contributed by atoms with Gasteiger partial charge in [0.1, 0.15) is 5.82 Å². The molecule has 0 atom stereocenters. The first-order valence-electron chi connectivity index (χ1n) is 5.99. The Kier molecular flexibility index (Phi) is 4.30. The van der Waals surface area contributed by atoms with Gasteiger partial charge in [-0.2, -0.15) is 0 Å². The first-order chi connectivity index (χ1) is 9.56. The van der Waals surface area contributed by atoms with Crippen molar-refractivity contribution in [1.82, 2.24) is 0 Å². The van der Waals surface area contributed by atoms with Gasteiger partial charge in [-0.25, -0.2) is 8.78 Å². The Morgan fingerprint density at radius 1 is 1.15 bits per heavy atom. The van der Waals surface area contributed by atoms with Gasteiger partial charge in [0, 0.05) is 5.69 Å². The summed E-state index contributed by atoms with van der Waals surface area (Å²) < 4.78 is 31.4. The Hall–Kier alpha value is -2.43. The summed E-state index contributed by atoms with van der Waals surface area (Å²) in [4.78, 5) is 11.6. The van der Waals surface area contributed by atoms with E-state index in [0.717, 1.165) is 0 Å². The van der Waals surface area contributed by atoms with Crippen LogP contribution in [0.3, 0.4) is 0 Å². The summed E-state index contributed by atoms with van der Waals surface area (Å²) in [5, 5.41) is 2.52. The zero-order valence-corrected chi connectivity index (χ0v) is 10.8. The summed E-state index contributed by atoms with van der Waals surface area (Å²) in [5.74, 6) is -1.29. The number of aryl methyl sites for hydroxylation is 1. The standard InChI is InChI=1S/C15H13F2NO2/c1-10-3-2-4-13(15(10)17)20-9-14(19)18-12-7-5-11(16)6-8-12/h2-8H,9H2,1H3,(H,18,19). The maximum Gasteiger partial charge on any atom is 0.262 e. The molecule has 0 aliphatic rings. The van der Waals surface area contributed by atoms with Crippen molar-refractivity contribution in [2.45, 2.75) is 6.92 Å². The molecular formula is C15H13F2NO2. The quantitative estimate of drug-likeness (QED) is 0.931. The summed E-state index contributed by atoms with van der Waals surface area (Å²) in [7, 11) is 0. The zero-order chi connectivity index (χ0) is 14.5. The van der Waals surface area contributed by atoms with E-state index >= 15 is 0 Å². The highest BCUT2D eigenvalue weighted by Crippen LogP contribution is 2.19. The maximum atomic E-state index is 13.6. The molecule has 0 aliphatic carbocycles. The SMILES string of the molecule is Cc1cccc(OCC(=O)Nc2ccc(F)cc2)c1F. The fraction of sp³-hybridized carbons (Fsp3) is 0.133. The summed E-state index contributed by atoms with van der Waals surface area (Å²) >= 11 is 0. The number of halogens is 2. The van der Waals surface area contributed by atoms with Gasteiger partial charge >= 0.3 is 0 Å². The Labute approximate surface area is 115 Å². The van der Waals surface area contributed by atoms with Crippen molar-refractivity contribution in [3.8, 4) is 5.75 Å². The average molecular weight is 277 g/mol. The van der Waals surface area contributed by atoms with Crippen LogP contribution in [0, 0.1) is 18.6 Å². The van der Waals surface area contributed by atoms with Gasteiger partial charge in [0.2, 0.25) is 0 Å². The van der Waals surface area contributed by atoms with Crippen molar-refractivity contribution in [2.75, 3.05) is 11.9 Å². The largest absolute Gasteiger partial charge is 0.481 e. The molecule has 1 amide bonds. The van der Waals surface area contributed by atoms with Crippen molar-refractivity contribution in [3.63, 3.8) is 0 Å². The Balaban J connectivity index is 1.92. The van der Waals surface area contributed by atoms with E-state index in [-0.39, 0.29) is 18.2 Å². The molecule has 2 aromatic carbocycles. The number of hydrogen-bond acceptors (Lipinski definition) is 2. The van der Waals surface area contributed by atoms with Gasteiger partial charge in [0.15, 0.2) is 18.2 Å². The van der Waals surface area contributed by atoms with Crippen LogP contribution in [0.15, 0.2) is 42.5 Å². The molecule has 0 radical (unpaired) electrons. The third-order valence-electron chi connectivity index (χ3n) is 2.64. The lowest BCUT2D eigenvalue weighted by atomic mass is 10.2. The van der Waals surface area contributed by atoms with Crippen molar-refractivity contribution in [3.05, 3.63) is 59.7 Å². The van der Waals surface area contributed by atoms with Gasteiger partial charge in [-0.3, -0.25) is 4.79 Å². The molecule has 104 valence electrons. The van der Waals surface area contributed by atoms with E-state index in [1.54, 1.807) is 19.1 Å². The van der Waals surface area contributed by atoms with Crippen molar-refractivity contribution in [2.24, 2.45) is 0 Å². The van der Waals surface area contributed by atoms with E-state index in [4.69, 9.17) is 4.74 Å². The second-order valence-corrected chi connectivity index (χ2v) is 4.23. The lowest BCUT2D eigenvalue weighted by molar-refractivity contribution is -0.118. The summed E-state index contributed by atoms with van der Waals surface area (Å²) in [6, 6.07) is 10.0. The summed E-state index contributed by atoms with van der Waals surface area (Å²) in [5.41, 5.74) is 0.895. The lowest BCUT2D eigenvalue weighted by Gasteiger charge is -2.09. The number of hydrogen-bond donors (Lipinski definition) is 1. The zero-order valence-electron chi connectivity index (χ0n) is 10.8. The number of benzene rings is 2. The van der Waals surface area contributed by atoms with Gasteiger partial charge in [-0.1, -0.05) is 12.1 Å². The van der Waals surface area contributed by atoms with Gasteiger partial charge in [0.25, 0.3) is 5.91 Å². The molecule has 5 heteroatoms. The first-order valence-corrected chi connectivity index (χ1v) is 5.99. The van der Waals surface area contributed by atoms with E-state index in [9.17, 15) is 13.6 Å². The molecule has 0 heterocycles. The van der Waals surface area contributed by atoms with Crippen LogP contribution >= 0.6 is 0 Å². The third-order valence-corrected chi connectivity index (χ3v) is 2.64. The normalized spacial score (nSPS) is 10.2. The molecule has 2 aromatic rings. The Bertz CT molecular complexity index is 612. The molecule has 0 fully saturated rings. The number of rotatable bonds is 4. The lowest BCUT2D eigenvalue weighted by Crippen LogP contribution is -2.20. The molecule has 2 rings (SSSR count). The van der Waals surface area contributed by atoms with E-state index in [1.807, 2.05) is 0 Å². The highest BCUT2D eigenvalue weighted by Gasteiger charge is 2.08. The van der Waals surface area contributed by atoms with Gasteiger partial charge < -0.3 is 10.1 Å². The number of amides is 1. The van der Waals surface area contributed by atoms with Crippen LogP contribution in [0.2, 0.25) is 0 Å². The van der Waals surface area contributed by atoms with E-state index in [2.05, 4.69) is 5.32 Å². The topological polar surface area (TPSA) is 38.3 Å². The first kappa shape index (κ1) is 14.0. The number of ether oxygens (including phenoxy) is 1. The van der Waals surface area contributed by atoms with Crippen LogP contribution in [0.5, 0.6) is 5.75 Å². The van der Waals surface area contributed by atoms with Crippen LogP contribution in [0.4, 0.5) is 14.5 Å². The van der Waals surface area contributed by atoms with Gasteiger partial charge in [0.05, 0.1) is 0 Å². The molecule has 3 nitrogen and oxygen atoms in total. The van der Waals surface area contributed by atoms with E-state index in [1.165, 1.54) is 30.3 Å². The number of carbonyl (C=O) groups excluding carboxylic acids is 1. The summed E-state index contributed by atoms with van der Waals surface area (Å²) in [6.07, 6.45) is 0. The number of carbonyl (C=O) groups is 1. The molecular weight excluding hydrogens is 264 g/mol. The second-order valence-electron chi connectivity index (χ2n) is 4.23. The monoisotopic (exact) mass is 277 g/mol. The third kappa shape index (κ3) is 3.54. The van der Waals surface area contributed by atoms with Crippen LogP contribution in [-0.4, -0.2) is 12.5 Å². The van der Waals surface area contributed by atoms with Crippen molar-refractivity contribution < 1.29 is 18.3 Å². The van der Waals surface area contributed by atoms with Crippen LogP contribution in [0.1, 0.15) is 5.56 Å². The molecule has 0 saturated carbocycles. The smallest absolute Gasteiger partial charge is 0.262 e. The Morgan fingerprint density at radius 2 is 1.85 bits per heavy atom. The Morgan fingerprint density at radius 3 is 2.55 bits per heavy atom.